The molecule has 0 saturated heterocycles. The molecule has 2 aromatic heterocycles. The second kappa shape index (κ2) is 9.96. The van der Waals surface area contributed by atoms with Gasteiger partial charge in [-0.25, -0.2) is 8.42 Å². The highest BCUT2D eigenvalue weighted by Gasteiger charge is 2.25. The van der Waals surface area contributed by atoms with Crippen LogP contribution in [-0.4, -0.2) is 36.0 Å². The molecule has 8 heteroatoms. The smallest absolute Gasteiger partial charge is 0.243 e. The third-order valence-electron chi connectivity index (χ3n) is 5.72. The van der Waals surface area contributed by atoms with E-state index in [0.717, 1.165) is 20.9 Å². The summed E-state index contributed by atoms with van der Waals surface area (Å²) in [7, 11) is -3.67. The van der Waals surface area contributed by atoms with Crippen molar-refractivity contribution >= 4 is 44.7 Å². The molecule has 0 unspecified atom stereocenters. The Morgan fingerprint density at radius 2 is 1.71 bits per heavy atom. The molecule has 0 atom stereocenters. The fraction of sp³-hybridized carbons (Fsp3) is 0.192. The van der Waals surface area contributed by atoms with Gasteiger partial charge in [0, 0.05) is 39.7 Å². The lowest BCUT2D eigenvalue weighted by Gasteiger charge is -2.18. The van der Waals surface area contributed by atoms with Crippen LogP contribution >= 0.6 is 23.4 Å². The number of halogens is 1. The second-order valence-electron chi connectivity index (χ2n) is 7.76. The molecule has 0 bridgehead atoms. The summed E-state index contributed by atoms with van der Waals surface area (Å²) in [5.74, 6) is -0.224. The minimum absolute atomic E-state index is 0.122. The molecule has 0 aliphatic carbocycles. The summed E-state index contributed by atoms with van der Waals surface area (Å²) in [6, 6.07) is 19.7. The van der Waals surface area contributed by atoms with Crippen molar-refractivity contribution in [3.05, 3.63) is 94.8 Å². The Morgan fingerprint density at radius 3 is 2.38 bits per heavy atom. The first-order chi connectivity index (χ1) is 16.3. The lowest BCUT2D eigenvalue weighted by atomic mass is 10.1. The molecule has 0 saturated carbocycles. The van der Waals surface area contributed by atoms with Gasteiger partial charge in [-0.05, 0) is 61.0 Å². The van der Waals surface area contributed by atoms with Crippen LogP contribution in [0.5, 0.6) is 0 Å². The van der Waals surface area contributed by atoms with Crippen molar-refractivity contribution in [2.75, 3.05) is 13.1 Å². The van der Waals surface area contributed by atoms with Crippen LogP contribution < -0.4 is 0 Å². The van der Waals surface area contributed by atoms with E-state index in [9.17, 15) is 13.2 Å². The van der Waals surface area contributed by atoms with Gasteiger partial charge in [0.2, 0.25) is 15.8 Å². The first kappa shape index (κ1) is 24.5. The van der Waals surface area contributed by atoms with Gasteiger partial charge in [0.1, 0.15) is 0 Å². The van der Waals surface area contributed by atoms with E-state index < -0.39 is 10.0 Å². The molecule has 34 heavy (non-hydrogen) atoms. The highest BCUT2D eigenvalue weighted by Crippen LogP contribution is 2.38. The van der Waals surface area contributed by atoms with Gasteiger partial charge in [0.05, 0.1) is 16.1 Å². The highest BCUT2D eigenvalue weighted by molar-refractivity contribution is 7.99. The Bertz CT molecular complexity index is 1460. The quantitative estimate of drug-likeness (QED) is 0.259. The minimum atomic E-state index is -3.67. The zero-order valence-electron chi connectivity index (χ0n) is 19.2. The molecule has 0 radical (unpaired) electrons. The van der Waals surface area contributed by atoms with Crippen molar-refractivity contribution in [3.8, 4) is 0 Å². The molecule has 0 N–H and O–H groups in total. The van der Waals surface area contributed by atoms with E-state index in [2.05, 4.69) is 0 Å². The Morgan fingerprint density at radius 1 is 1.00 bits per heavy atom. The van der Waals surface area contributed by atoms with Gasteiger partial charge < -0.3 is 4.40 Å². The van der Waals surface area contributed by atoms with Gasteiger partial charge in [-0.2, -0.15) is 4.31 Å². The third kappa shape index (κ3) is 4.53. The van der Waals surface area contributed by atoms with Gasteiger partial charge in [-0.15, -0.1) is 0 Å². The number of sulfonamides is 1. The van der Waals surface area contributed by atoms with Crippen molar-refractivity contribution in [2.24, 2.45) is 0 Å². The zero-order valence-corrected chi connectivity index (χ0v) is 21.5. The lowest BCUT2D eigenvalue weighted by molar-refractivity contribution is 0.103. The Kier molecular flexibility index (Phi) is 7.19. The number of fused-ring (bicyclic) bond motifs is 1. The number of hydrogen-bond acceptors (Lipinski definition) is 4. The second-order valence-corrected chi connectivity index (χ2v) is 11.2. The molecule has 0 aliphatic heterocycles. The summed E-state index contributed by atoms with van der Waals surface area (Å²) in [4.78, 5) is 15.8. The topological polar surface area (TPSA) is 58.9 Å². The van der Waals surface area contributed by atoms with Gasteiger partial charge in [0.25, 0.3) is 0 Å². The predicted molar refractivity (Wildman–Crippen MR) is 138 cm³/mol. The molecule has 2 aromatic carbocycles. The van der Waals surface area contributed by atoms with Gasteiger partial charge in [-0.1, -0.05) is 55.4 Å². The van der Waals surface area contributed by atoms with Crippen LogP contribution in [0.1, 0.15) is 35.5 Å². The van der Waals surface area contributed by atoms with Crippen LogP contribution in [0.2, 0.25) is 5.02 Å². The third-order valence-corrected chi connectivity index (χ3v) is 9.24. The number of benzene rings is 2. The van der Waals surface area contributed by atoms with Gasteiger partial charge in [0.15, 0.2) is 0 Å². The van der Waals surface area contributed by atoms with Crippen molar-refractivity contribution in [2.45, 2.75) is 35.5 Å². The van der Waals surface area contributed by atoms with Crippen LogP contribution in [0, 0.1) is 6.92 Å². The largest absolute Gasteiger partial charge is 0.312 e. The van der Waals surface area contributed by atoms with E-state index in [0.29, 0.717) is 29.4 Å². The molecule has 176 valence electrons. The molecule has 0 fully saturated rings. The maximum atomic E-state index is 13.7. The molecule has 4 aromatic rings. The standard InChI is InChI=1S/C26H25ClN2O3S2/c1-4-28(5-2)34(31,32)22-10-8-9-19(17-22)25(30)24-18(3)26(23-11-6-7-16-29(23)24)33-21-14-12-20(27)13-15-21/h6-17H,4-5H2,1-3H3. The van der Waals surface area contributed by atoms with Crippen molar-refractivity contribution in [1.82, 2.24) is 8.71 Å². The number of ketones is 1. The molecule has 0 spiro atoms. The summed E-state index contributed by atoms with van der Waals surface area (Å²) in [6.45, 7) is 6.25. The number of pyridine rings is 1. The molecule has 0 amide bonds. The molecule has 2 heterocycles. The number of rotatable bonds is 8. The van der Waals surface area contributed by atoms with Gasteiger partial charge in [-0.3, -0.25) is 4.79 Å². The number of aromatic nitrogens is 1. The number of nitrogens with zero attached hydrogens (tertiary/aromatic N) is 2. The van der Waals surface area contributed by atoms with Crippen LogP contribution in [0.4, 0.5) is 0 Å². The summed E-state index contributed by atoms with van der Waals surface area (Å²) in [5, 5.41) is 0.665. The van der Waals surface area contributed by atoms with Crippen molar-refractivity contribution in [1.29, 1.82) is 0 Å². The number of carbonyl (C=O) groups is 1. The fourth-order valence-corrected chi connectivity index (χ4v) is 6.64. The van der Waals surface area contributed by atoms with E-state index in [-0.39, 0.29) is 10.7 Å². The number of hydrogen-bond donors (Lipinski definition) is 0. The average molecular weight is 513 g/mol. The highest BCUT2D eigenvalue weighted by atomic mass is 35.5. The SMILES string of the molecule is CCN(CC)S(=O)(=O)c1cccc(C(=O)c2c(C)c(Sc3ccc(Cl)cc3)c3ccccn23)c1. The van der Waals surface area contributed by atoms with Crippen molar-refractivity contribution in [3.63, 3.8) is 0 Å². The molecule has 5 nitrogen and oxygen atoms in total. The molecule has 0 aliphatic rings. The number of carbonyl (C=O) groups excluding carboxylic acids is 1. The molecular weight excluding hydrogens is 488 g/mol. The van der Waals surface area contributed by atoms with E-state index >= 15 is 0 Å². The maximum Gasteiger partial charge on any atom is 0.243 e. The van der Waals surface area contributed by atoms with E-state index in [1.807, 2.05) is 60.0 Å². The van der Waals surface area contributed by atoms with Crippen LogP contribution in [0.3, 0.4) is 0 Å². The summed E-state index contributed by atoms with van der Waals surface area (Å²) >= 11 is 7.60. The predicted octanol–water partition coefficient (Wildman–Crippen LogP) is 6.31. The van der Waals surface area contributed by atoms with Gasteiger partial charge >= 0.3 is 0 Å². The average Bonchev–Trinajstić information content (AvgIpc) is 3.12. The lowest BCUT2D eigenvalue weighted by Crippen LogP contribution is -2.30. The first-order valence-corrected chi connectivity index (χ1v) is 13.6. The van der Waals surface area contributed by atoms with E-state index in [1.54, 1.807) is 37.7 Å². The van der Waals surface area contributed by atoms with E-state index in [1.165, 1.54) is 16.4 Å². The molecule has 4 rings (SSSR count). The Hall–Kier alpha value is -2.58. The summed E-state index contributed by atoms with van der Waals surface area (Å²) in [5.41, 5.74) is 2.61. The minimum Gasteiger partial charge on any atom is -0.312 e. The Balaban J connectivity index is 1.80. The maximum absolute atomic E-state index is 13.7. The summed E-state index contributed by atoms with van der Waals surface area (Å²) in [6.07, 6.45) is 1.86. The summed E-state index contributed by atoms with van der Waals surface area (Å²) < 4.78 is 29.3. The fourth-order valence-electron chi connectivity index (χ4n) is 3.98. The monoisotopic (exact) mass is 512 g/mol. The molecular formula is C26H25ClN2O3S2. The van der Waals surface area contributed by atoms with Crippen LogP contribution in [0.15, 0.2) is 87.6 Å². The van der Waals surface area contributed by atoms with Crippen LogP contribution in [-0.2, 0) is 10.0 Å². The normalized spacial score (nSPS) is 11.9. The van der Waals surface area contributed by atoms with E-state index in [4.69, 9.17) is 11.6 Å². The van der Waals surface area contributed by atoms with Crippen LogP contribution in [0.25, 0.3) is 5.52 Å². The first-order valence-electron chi connectivity index (χ1n) is 11.0. The Labute approximate surface area is 209 Å². The zero-order chi connectivity index (χ0) is 24.5. The van der Waals surface area contributed by atoms with Crippen molar-refractivity contribution < 1.29 is 13.2 Å².